The Hall–Kier alpha value is -5.25. The molecular weight excluding hydrogens is 568 g/mol. The first-order chi connectivity index (χ1) is 22.1. The standard InChI is InChI=1S/C35H36N6O4/c42-33(23-27-9-7-14-36-26-27)39-16-4-5-17-41(35(43)31-25-32(45-38-31)28-10-2-1-3-11-28)18-8-22-44-30-13-6-12-29(24-30)34-37-15-19-40(34)21-20-39/h1-3,6-7,9-15,19,24-26H,4-5,8,16-18,20-23H2. The zero-order valence-corrected chi connectivity index (χ0v) is 25.1. The molecule has 2 aromatic carbocycles. The number of carbonyl (C=O) groups is 2. The number of aromatic nitrogens is 4. The highest BCUT2D eigenvalue weighted by Crippen LogP contribution is 2.24. The van der Waals surface area contributed by atoms with Crippen LogP contribution in [0.4, 0.5) is 0 Å². The molecule has 0 saturated heterocycles. The van der Waals surface area contributed by atoms with Crippen LogP contribution in [0.3, 0.4) is 0 Å². The van der Waals surface area contributed by atoms with Gasteiger partial charge in [-0.25, -0.2) is 4.98 Å². The molecule has 45 heavy (non-hydrogen) atoms. The highest BCUT2D eigenvalue weighted by molar-refractivity contribution is 5.93. The van der Waals surface area contributed by atoms with E-state index in [4.69, 9.17) is 9.26 Å². The summed E-state index contributed by atoms with van der Waals surface area (Å²) in [6.45, 7) is 3.18. The molecule has 10 nitrogen and oxygen atoms in total. The van der Waals surface area contributed by atoms with E-state index in [2.05, 4.69) is 19.7 Å². The molecule has 2 bridgehead atoms. The minimum absolute atomic E-state index is 0.0435. The number of fused-ring (bicyclic) bond motifs is 4. The fourth-order valence-electron chi connectivity index (χ4n) is 5.50. The topological polar surface area (TPSA) is 107 Å². The lowest BCUT2D eigenvalue weighted by atomic mass is 10.1. The fraction of sp³-hybridized carbons (Fsp3) is 0.286. The Balaban J connectivity index is 1.21. The maximum atomic E-state index is 13.6. The van der Waals surface area contributed by atoms with Crippen molar-refractivity contribution in [3.63, 3.8) is 0 Å². The van der Waals surface area contributed by atoms with Crippen LogP contribution in [-0.2, 0) is 17.8 Å². The Bertz CT molecular complexity index is 1700. The summed E-state index contributed by atoms with van der Waals surface area (Å²) in [5, 5.41) is 4.10. The van der Waals surface area contributed by atoms with E-state index in [1.54, 1.807) is 24.7 Å². The molecule has 0 spiro atoms. The molecule has 1 aliphatic heterocycles. The van der Waals surface area contributed by atoms with Crippen LogP contribution >= 0.6 is 0 Å². The largest absolute Gasteiger partial charge is 0.494 e. The summed E-state index contributed by atoms with van der Waals surface area (Å²) in [6, 6.07) is 22.9. The van der Waals surface area contributed by atoms with E-state index in [0.717, 1.165) is 41.1 Å². The van der Waals surface area contributed by atoms with Crippen molar-refractivity contribution in [1.29, 1.82) is 0 Å². The molecule has 3 aromatic heterocycles. The molecule has 0 atom stereocenters. The van der Waals surface area contributed by atoms with E-state index in [1.165, 1.54) is 0 Å². The van der Waals surface area contributed by atoms with Gasteiger partial charge in [0.2, 0.25) is 5.91 Å². The molecule has 4 heterocycles. The normalized spacial score (nSPS) is 14.7. The molecule has 230 valence electrons. The minimum atomic E-state index is -0.184. The average molecular weight is 605 g/mol. The number of hydrogen-bond donors (Lipinski definition) is 0. The molecule has 0 N–H and O–H groups in total. The second-order valence-electron chi connectivity index (χ2n) is 11.0. The van der Waals surface area contributed by atoms with Crippen LogP contribution in [0.1, 0.15) is 35.3 Å². The highest BCUT2D eigenvalue weighted by Gasteiger charge is 2.21. The third-order valence-electron chi connectivity index (χ3n) is 7.87. The van der Waals surface area contributed by atoms with Gasteiger partial charge in [0.25, 0.3) is 5.91 Å². The first kappa shape index (κ1) is 29.8. The predicted molar refractivity (Wildman–Crippen MR) is 169 cm³/mol. The number of nitrogens with zero attached hydrogens (tertiary/aromatic N) is 6. The van der Waals surface area contributed by atoms with Gasteiger partial charge in [0, 0.05) is 74.7 Å². The Morgan fingerprint density at radius 2 is 1.60 bits per heavy atom. The third kappa shape index (κ3) is 7.64. The molecule has 5 aromatic rings. The van der Waals surface area contributed by atoms with Crippen LogP contribution in [0.2, 0.25) is 0 Å². The van der Waals surface area contributed by atoms with Crippen LogP contribution in [-0.4, -0.2) is 74.1 Å². The molecule has 0 radical (unpaired) electrons. The van der Waals surface area contributed by atoms with Crippen LogP contribution in [0, 0.1) is 0 Å². The van der Waals surface area contributed by atoms with Gasteiger partial charge in [-0.3, -0.25) is 14.6 Å². The summed E-state index contributed by atoms with van der Waals surface area (Å²) in [6.07, 6.45) is 9.56. The third-order valence-corrected chi connectivity index (χ3v) is 7.87. The first-order valence-electron chi connectivity index (χ1n) is 15.4. The van der Waals surface area contributed by atoms with Crippen LogP contribution in [0.25, 0.3) is 22.7 Å². The second-order valence-corrected chi connectivity index (χ2v) is 11.0. The zero-order chi connectivity index (χ0) is 30.8. The number of imidazole rings is 1. The number of amides is 2. The molecule has 1 aliphatic rings. The van der Waals surface area contributed by atoms with Crippen molar-refractivity contribution in [1.82, 2.24) is 29.5 Å². The lowest BCUT2D eigenvalue weighted by Crippen LogP contribution is -2.37. The van der Waals surface area contributed by atoms with Crippen molar-refractivity contribution in [3.05, 3.63) is 109 Å². The first-order valence-corrected chi connectivity index (χ1v) is 15.4. The van der Waals surface area contributed by atoms with E-state index >= 15 is 0 Å². The second kappa shape index (κ2) is 14.5. The van der Waals surface area contributed by atoms with Crippen LogP contribution in [0.15, 0.2) is 102 Å². The molecule has 0 fully saturated rings. The Morgan fingerprint density at radius 1 is 0.778 bits per heavy atom. The number of carbonyl (C=O) groups excluding carboxylic acids is 2. The number of benzene rings is 2. The zero-order valence-electron chi connectivity index (χ0n) is 25.1. The smallest absolute Gasteiger partial charge is 0.276 e. The summed E-state index contributed by atoms with van der Waals surface area (Å²) in [7, 11) is 0. The van der Waals surface area contributed by atoms with Gasteiger partial charge in [0.1, 0.15) is 11.6 Å². The minimum Gasteiger partial charge on any atom is -0.494 e. The van der Waals surface area contributed by atoms with Crippen LogP contribution in [0.5, 0.6) is 5.75 Å². The molecule has 6 rings (SSSR count). The van der Waals surface area contributed by atoms with Gasteiger partial charge in [-0.05, 0) is 43.0 Å². The van der Waals surface area contributed by atoms with Crippen molar-refractivity contribution in [3.8, 4) is 28.5 Å². The van der Waals surface area contributed by atoms with Crippen molar-refractivity contribution in [2.24, 2.45) is 0 Å². The molecule has 0 aliphatic carbocycles. The van der Waals surface area contributed by atoms with E-state index < -0.39 is 0 Å². The lowest BCUT2D eigenvalue weighted by molar-refractivity contribution is -0.130. The number of ether oxygens (including phenoxy) is 1. The summed E-state index contributed by atoms with van der Waals surface area (Å²) >= 11 is 0. The average Bonchev–Trinajstić information content (AvgIpc) is 3.76. The molecule has 0 unspecified atom stereocenters. The number of pyridine rings is 1. The van der Waals surface area contributed by atoms with Crippen molar-refractivity contribution < 1.29 is 18.8 Å². The van der Waals surface area contributed by atoms with Gasteiger partial charge < -0.3 is 23.6 Å². The van der Waals surface area contributed by atoms with Gasteiger partial charge in [-0.15, -0.1) is 0 Å². The molecule has 2 amide bonds. The Kier molecular flexibility index (Phi) is 9.59. The predicted octanol–water partition coefficient (Wildman–Crippen LogP) is 5.38. The maximum Gasteiger partial charge on any atom is 0.276 e. The number of hydrogen-bond acceptors (Lipinski definition) is 7. The Labute approximate surface area is 262 Å². The lowest BCUT2D eigenvalue weighted by Gasteiger charge is -2.25. The molecule has 10 heteroatoms. The molecule has 0 saturated carbocycles. The van der Waals surface area contributed by atoms with Crippen LogP contribution < -0.4 is 4.74 Å². The van der Waals surface area contributed by atoms with Gasteiger partial charge in [0.15, 0.2) is 11.5 Å². The summed E-state index contributed by atoms with van der Waals surface area (Å²) in [5.74, 6) is 1.97. The van der Waals surface area contributed by atoms with E-state index in [-0.39, 0.29) is 23.9 Å². The van der Waals surface area contributed by atoms with Crippen molar-refractivity contribution in [2.75, 3.05) is 32.8 Å². The number of rotatable bonds is 4. The summed E-state index contributed by atoms with van der Waals surface area (Å²) in [4.78, 5) is 39.6. The monoisotopic (exact) mass is 604 g/mol. The maximum absolute atomic E-state index is 13.6. The van der Waals surface area contributed by atoms with Gasteiger partial charge in [0.05, 0.1) is 13.0 Å². The van der Waals surface area contributed by atoms with E-state index in [1.807, 2.05) is 82.7 Å². The summed E-state index contributed by atoms with van der Waals surface area (Å²) < 4.78 is 13.7. The van der Waals surface area contributed by atoms with E-state index in [0.29, 0.717) is 51.5 Å². The van der Waals surface area contributed by atoms with Gasteiger partial charge in [-0.2, -0.15) is 0 Å². The van der Waals surface area contributed by atoms with Crippen molar-refractivity contribution in [2.45, 2.75) is 32.2 Å². The van der Waals surface area contributed by atoms with E-state index in [9.17, 15) is 9.59 Å². The Morgan fingerprint density at radius 3 is 2.44 bits per heavy atom. The van der Waals surface area contributed by atoms with Crippen molar-refractivity contribution >= 4 is 11.8 Å². The van der Waals surface area contributed by atoms with Gasteiger partial charge >= 0.3 is 0 Å². The SMILES string of the molecule is O=C(Cc1cccnc1)N1CCCCN(C(=O)c2cc(-c3ccccc3)on2)CCCOc2cccc(c2)-c2nccn2CC1. The quantitative estimate of drug-likeness (QED) is 0.271. The molecular formula is C35H36N6O4. The summed E-state index contributed by atoms with van der Waals surface area (Å²) in [5.41, 5.74) is 2.95. The fourth-order valence-corrected chi connectivity index (χ4v) is 5.50. The highest BCUT2D eigenvalue weighted by atomic mass is 16.5. The van der Waals surface area contributed by atoms with Gasteiger partial charge in [-0.1, -0.05) is 53.7 Å².